The number of hydrogen-bond acceptors (Lipinski definition) is 4. The van der Waals surface area contributed by atoms with Gasteiger partial charge in [0.05, 0.1) is 16.7 Å². The lowest BCUT2D eigenvalue weighted by Gasteiger charge is -2.38. The highest BCUT2D eigenvalue weighted by molar-refractivity contribution is 7.09. The van der Waals surface area contributed by atoms with Crippen LogP contribution >= 0.6 is 11.3 Å². The van der Waals surface area contributed by atoms with Gasteiger partial charge in [0.1, 0.15) is 0 Å². The zero-order valence-corrected chi connectivity index (χ0v) is 12.6. The molecule has 1 aliphatic heterocycles. The average Bonchev–Trinajstić information content (AvgIpc) is 2.83. The molecule has 0 aliphatic carbocycles. The van der Waals surface area contributed by atoms with Gasteiger partial charge in [-0.15, -0.1) is 11.3 Å². The van der Waals surface area contributed by atoms with E-state index in [1.165, 1.54) is 43.1 Å². The van der Waals surface area contributed by atoms with E-state index in [1.807, 2.05) is 0 Å². The number of aromatic nitrogens is 1. The predicted octanol–water partition coefficient (Wildman–Crippen LogP) is 2.98. The van der Waals surface area contributed by atoms with E-state index in [0.29, 0.717) is 12.1 Å². The van der Waals surface area contributed by atoms with Crippen LogP contribution in [0.5, 0.6) is 0 Å². The van der Waals surface area contributed by atoms with Gasteiger partial charge in [0, 0.05) is 18.0 Å². The Labute approximate surface area is 115 Å². The lowest BCUT2D eigenvalue weighted by atomic mass is 10.0. The van der Waals surface area contributed by atoms with Crippen LogP contribution in [0, 0.1) is 6.92 Å². The van der Waals surface area contributed by atoms with Crippen LogP contribution in [0.2, 0.25) is 0 Å². The van der Waals surface area contributed by atoms with E-state index in [-0.39, 0.29) is 0 Å². The summed E-state index contributed by atoms with van der Waals surface area (Å²) >= 11 is 1.76. The van der Waals surface area contributed by atoms with Crippen LogP contribution in [0.3, 0.4) is 0 Å². The smallest absolute Gasteiger partial charge is 0.0898 e. The molecule has 1 aromatic rings. The zero-order valence-electron chi connectivity index (χ0n) is 11.8. The summed E-state index contributed by atoms with van der Waals surface area (Å²) in [6.07, 6.45) is 3.83. The summed E-state index contributed by atoms with van der Waals surface area (Å²) in [5.41, 5.74) is 1.25. The third-order valence-electron chi connectivity index (χ3n) is 3.78. The molecule has 3 nitrogen and oxygen atoms in total. The topological polar surface area (TPSA) is 28.2 Å². The highest BCUT2D eigenvalue weighted by atomic mass is 32.1. The Hall–Kier alpha value is -0.450. The molecule has 0 bridgehead atoms. The van der Waals surface area contributed by atoms with Crippen LogP contribution < -0.4 is 5.32 Å². The van der Waals surface area contributed by atoms with Gasteiger partial charge in [0.2, 0.25) is 0 Å². The van der Waals surface area contributed by atoms with E-state index in [4.69, 9.17) is 0 Å². The van der Waals surface area contributed by atoms with Gasteiger partial charge in [-0.3, -0.25) is 4.90 Å². The standard InChI is InChI=1S/C14H25N3S/c1-4-8-17(13-6-5-7-15-9-13)11(2)14-10-18-12(3)16-14/h10-11,13,15H,4-9H2,1-3H3. The normalized spacial score (nSPS) is 22.3. The van der Waals surface area contributed by atoms with Crippen LogP contribution in [0.15, 0.2) is 5.38 Å². The Morgan fingerprint density at radius 2 is 2.44 bits per heavy atom. The number of nitrogens with one attached hydrogen (secondary N) is 1. The van der Waals surface area contributed by atoms with Gasteiger partial charge in [-0.05, 0) is 46.2 Å². The molecule has 2 atom stereocenters. The van der Waals surface area contributed by atoms with Gasteiger partial charge in [-0.2, -0.15) is 0 Å². The third-order valence-corrected chi connectivity index (χ3v) is 4.58. The second-order valence-electron chi connectivity index (χ2n) is 5.21. The van der Waals surface area contributed by atoms with Crippen molar-refractivity contribution in [1.82, 2.24) is 15.2 Å². The number of nitrogens with zero attached hydrogens (tertiary/aromatic N) is 2. The van der Waals surface area contributed by atoms with Crippen molar-refractivity contribution >= 4 is 11.3 Å². The molecule has 0 saturated carbocycles. The number of piperidine rings is 1. The lowest BCUT2D eigenvalue weighted by molar-refractivity contribution is 0.118. The summed E-state index contributed by atoms with van der Waals surface area (Å²) in [5, 5.41) is 6.92. The number of rotatable bonds is 5. The fourth-order valence-corrected chi connectivity index (χ4v) is 3.51. The van der Waals surface area contributed by atoms with Crippen molar-refractivity contribution in [2.45, 2.75) is 52.1 Å². The Morgan fingerprint density at radius 3 is 3.00 bits per heavy atom. The molecule has 4 heteroatoms. The number of thiazole rings is 1. The summed E-state index contributed by atoms with van der Waals surface area (Å²) in [6, 6.07) is 1.12. The van der Waals surface area contributed by atoms with E-state index >= 15 is 0 Å². The molecular formula is C14H25N3S. The molecule has 102 valence electrons. The quantitative estimate of drug-likeness (QED) is 0.889. The van der Waals surface area contributed by atoms with E-state index in [0.717, 1.165) is 6.54 Å². The van der Waals surface area contributed by atoms with Crippen molar-refractivity contribution in [3.8, 4) is 0 Å². The van der Waals surface area contributed by atoms with Crippen molar-refractivity contribution in [2.24, 2.45) is 0 Å². The summed E-state index contributed by atoms with van der Waals surface area (Å²) in [7, 11) is 0. The van der Waals surface area contributed by atoms with Crippen LogP contribution in [0.4, 0.5) is 0 Å². The average molecular weight is 267 g/mol. The van der Waals surface area contributed by atoms with Gasteiger partial charge >= 0.3 is 0 Å². The molecule has 2 heterocycles. The molecule has 0 radical (unpaired) electrons. The third kappa shape index (κ3) is 3.31. The largest absolute Gasteiger partial charge is 0.315 e. The molecule has 0 amide bonds. The van der Waals surface area contributed by atoms with Crippen LogP contribution in [0.1, 0.15) is 49.9 Å². The molecule has 0 spiro atoms. The van der Waals surface area contributed by atoms with Crippen molar-refractivity contribution in [2.75, 3.05) is 19.6 Å². The molecule has 1 fully saturated rings. The maximum atomic E-state index is 4.67. The number of aryl methyl sites for hydroxylation is 1. The Kier molecular flexibility index (Phi) is 5.15. The van der Waals surface area contributed by atoms with E-state index in [2.05, 4.69) is 41.4 Å². The van der Waals surface area contributed by atoms with Crippen molar-refractivity contribution in [1.29, 1.82) is 0 Å². The monoisotopic (exact) mass is 267 g/mol. The van der Waals surface area contributed by atoms with Gasteiger partial charge in [0.15, 0.2) is 0 Å². The molecular weight excluding hydrogens is 242 g/mol. The Balaban J connectivity index is 2.08. The SMILES string of the molecule is CCCN(C1CCCNC1)C(C)c1csc(C)n1. The van der Waals surface area contributed by atoms with Crippen molar-refractivity contribution in [3.63, 3.8) is 0 Å². The first-order chi connectivity index (χ1) is 8.72. The predicted molar refractivity (Wildman–Crippen MR) is 78.2 cm³/mol. The first kappa shape index (κ1) is 14.0. The van der Waals surface area contributed by atoms with Gasteiger partial charge in [0.25, 0.3) is 0 Å². The maximum absolute atomic E-state index is 4.67. The van der Waals surface area contributed by atoms with E-state index < -0.39 is 0 Å². The van der Waals surface area contributed by atoms with Crippen LogP contribution in [0.25, 0.3) is 0 Å². The molecule has 2 unspecified atom stereocenters. The molecule has 1 saturated heterocycles. The first-order valence-electron chi connectivity index (χ1n) is 7.11. The van der Waals surface area contributed by atoms with Crippen LogP contribution in [-0.4, -0.2) is 35.6 Å². The van der Waals surface area contributed by atoms with Gasteiger partial charge < -0.3 is 5.32 Å². The first-order valence-corrected chi connectivity index (χ1v) is 7.98. The minimum atomic E-state index is 0.444. The maximum Gasteiger partial charge on any atom is 0.0898 e. The Morgan fingerprint density at radius 1 is 1.61 bits per heavy atom. The fourth-order valence-electron chi connectivity index (χ4n) is 2.81. The summed E-state index contributed by atoms with van der Waals surface area (Å²) in [5.74, 6) is 0. The highest BCUT2D eigenvalue weighted by Crippen LogP contribution is 2.26. The molecule has 0 aromatic carbocycles. The molecule has 2 rings (SSSR count). The van der Waals surface area contributed by atoms with Crippen molar-refractivity contribution in [3.05, 3.63) is 16.1 Å². The van der Waals surface area contributed by atoms with Gasteiger partial charge in [-0.1, -0.05) is 6.92 Å². The van der Waals surface area contributed by atoms with Gasteiger partial charge in [-0.25, -0.2) is 4.98 Å². The lowest BCUT2D eigenvalue weighted by Crippen LogP contribution is -2.47. The van der Waals surface area contributed by atoms with Crippen LogP contribution in [-0.2, 0) is 0 Å². The Bertz CT molecular complexity index is 358. The molecule has 18 heavy (non-hydrogen) atoms. The van der Waals surface area contributed by atoms with E-state index in [9.17, 15) is 0 Å². The fraction of sp³-hybridized carbons (Fsp3) is 0.786. The van der Waals surface area contributed by atoms with E-state index in [1.54, 1.807) is 11.3 Å². The minimum Gasteiger partial charge on any atom is -0.315 e. The summed E-state index contributed by atoms with van der Waals surface area (Å²) in [6.45, 7) is 10.1. The summed E-state index contributed by atoms with van der Waals surface area (Å²) < 4.78 is 0. The minimum absolute atomic E-state index is 0.444. The molecule has 1 N–H and O–H groups in total. The highest BCUT2D eigenvalue weighted by Gasteiger charge is 2.26. The van der Waals surface area contributed by atoms with Crippen molar-refractivity contribution < 1.29 is 0 Å². The molecule has 1 aromatic heterocycles. The second kappa shape index (κ2) is 6.64. The zero-order chi connectivity index (χ0) is 13.0. The number of hydrogen-bond donors (Lipinski definition) is 1. The summed E-state index contributed by atoms with van der Waals surface area (Å²) in [4.78, 5) is 7.30. The molecule has 1 aliphatic rings. The second-order valence-corrected chi connectivity index (χ2v) is 6.27.